The maximum atomic E-state index is 12.5. The van der Waals surface area contributed by atoms with Crippen LogP contribution in [0.25, 0.3) is 0 Å². The summed E-state index contributed by atoms with van der Waals surface area (Å²) in [7, 11) is -11.1. The number of carbonyl (C=O) groups is 1. The number of amides is 1. The van der Waals surface area contributed by atoms with Crippen LogP contribution in [0.1, 0.15) is 13.8 Å². The highest BCUT2D eigenvalue weighted by Gasteiger charge is 2.59. The Kier molecular flexibility index (Phi) is 9.52. The SMILES string of the molecule is C=NC1(OP(=O)(O)OP(=O)(O)OCC2OC(C)C(O)C2O)OC(CO)C(O)C(O)C1NC(C)=O. The minimum Gasteiger partial charge on any atom is -0.394 e. The molecule has 8 N–H and O–H groups in total. The second kappa shape index (κ2) is 11.0. The van der Waals surface area contributed by atoms with E-state index in [0.717, 1.165) is 6.92 Å². The van der Waals surface area contributed by atoms with Crippen molar-refractivity contribution in [2.45, 2.75) is 68.5 Å². The summed E-state index contributed by atoms with van der Waals surface area (Å²) in [5.74, 6) is -3.72. The molecule has 0 radical (unpaired) electrons. The van der Waals surface area contributed by atoms with Gasteiger partial charge in [0.1, 0.15) is 42.7 Å². The average molecular weight is 538 g/mol. The van der Waals surface area contributed by atoms with Gasteiger partial charge in [-0.25, -0.2) is 18.6 Å². The lowest BCUT2D eigenvalue weighted by Crippen LogP contribution is -2.70. The molecule has 0 aromatic carbocycles. The molecule has 19 heteroatoms. The third-order valence-corrected chi connectivity index (χ3v) is 7.62. The molecule has 2 aliphatic rings. The van der Waals surface area contributed by atoms with E-state index in [0.29, 0.717) is 0 Å². The maximum absolute atomic E-state index is 12.5. The molecule has 0 aromatic heterocycles. The first-order chi connectivity index (χ1) is 15.6. The lowest BCUT2D eigenvalue weighted by Gasteiger charge is -2.47. The first kappa shape index (κ1) is 29.4. The van der Waals surface area contributed by atoms with Crippen LogP contribution in [0.15, 0.2) is 4.99 Å². The third kappa shape index (κ3) is 6.66. The van der Waals surface area contributed by atoms with Gasteiger partial charge in [-0.1, -0.05) is 0 Å². The molecular formula is C15H28N2O15P2. The molecule has 11 unspecified atom stereocenters. The van der Waals surface area contributed by atoms with E-state index in [1.807, 2.05) is 0 Å². The van der Waals surface area contributed by atoms with Gasteiger partial charge >= 0.3 is 21.6 Å². The van der Waals surface area contributed by atoms with Crippen LogP contribution in [0.5, 0.6) is 0 Å². The Morgan fingerprint density at radius 3 is 2.15 bits per heavy atom. The van der Waals surface area contributed by atoms with Crippen LogP contribution in [0, 0.1) is 0 Å². The van der Waals surface area contributed by atoms with Crippen LogP contribution in [0.3, 0.4) is 0 Å². The van der Waals surface area contributed by atoms with E-state index in [-0.39, 0.29) is 0 Å². The number of phosphoric ester groups is 2. The molecule has 1 amide bonds. The Balaban J connectivity index is 2.19. The van der Waals surface area contributed by atoms with Crippen LogP contribution in [0.4, 0.5) is 0 Å². The maximum Gasteiger partial charge on any atom is 0.485 e. The van der Waals surface area contributed by atoms with Crippen molar-refractivity contribution in [2.75, 3.05) is 13.2 Å². The molecule has 0 saturated carbocycles. The van der Waals surface area contributed by atoms with Crippen molar-refractivity contribution < 1.29 is 72.1 Å². The van der Waals surface area contributed by atoms with E-state index < -0.39 is 89.4 Å². The number of nitrogens with one attached hydrogen (secondary N) is 1. The van der Waals surface area contributed by atoms with Gasteiger partial charge in [0.05, 0.1) is 19.3 Å². The summed E-state index contributed by atoms with van der Waals surface area (Å²) in [5.41, 5.74) is 0. The van der Waals surface area contributed by atoms with E-state index in [1.54, 1.807) is 0 Å². The average Bonchev–Trinajstić information content (AvgIpc) is 2.97. The molecule has 2 saturated heterocycles. The van der Waals surface area contributed by atoms with Crippen molar-refractivity contribution in [3.63, 3.8) is 0 Å². The number of nitrogens with zero attached hydrogens (tertiary/aromatic N) is 1. The highest BCUT2D eigenvalue weighted by molar-refractivity contribution is 7.61. The summed E-state index contributed by atoms with van der Waals surface area (Å²) in [5, 5.41) is 51.3. The summed E-state index contributed by atoms with van der Waals surface area (Å²) in [6.07, 6.45) is -10.4. The van der Waals surface area contributed by atoms with E-state index in [1.165, 1.54) is 6.92 Å². The predicted octanol–water partition coefficient (Wildman–Crippen LogP) is -3.28. The summed E-state index contributed by atoms with van der Waals surface area (Å²) in [6.45, 7) is 3.70. The van der Waals surface area contributed by atoms with Gasteiger partial charge < -0.3 is 50.1 Å². The Bertz CT molecular complexity index is 847. The second-order valence-corrected chi connectivity index (χ2v) is 10.5. The minimum absolute atomic E-state index is 0.830. The zero-order chi connectivity index (χ0) is 26.1. The number of hydrogen-bond acceptors (Lipinski definition) is 14. The standard InChI is InChI=1S/C15H28N2O15P2/c1-6-10(20)12(22)9(29-6)5-28-33(24,25)32-34(26,27)31-15(16-3)14(17-7(2)19)13(23)11(21)8(4-18)30-15/h6,8-14,18,20-23H,3-5H2,1-2H3,(H,17,19)(H,24,25)(H,26,27). The van der Waals surface area contributed by atoms with Gasteiger partial charge in [-0.2, -0.15) is 4.31 Å². The van der Waals surface area contributed by atoms with Crippen molar-refractivity contribution in [1.29, 1.82) is 0 Å². The number of ether oxygens (including phenoxy) is 2. The first-order valence-electron chi connectivity index (χ1n) is 9.71. The molecule has 34 heavy (non-hydrogen) atoms. The summed E-state index contributed by atoms with van der Waals surface area (Å²) in [6, 6.07) is -1.90. The number of rotatable bonds is 10. The van der Waals surface area contributed by atoms with Gasteiger partial charge in [0.25, 0.3) is 0 Å². The minimum atomic E-state index is -5.70. The van der Waals surface area contributed by atoms with Crippen molar-refractivity contribution in [3.05, 3.63) is 0 Å². The van der Waals surface area contributed by atoms with Crippen molar-refractivity contribution in [2.24, 2.45) is 4.99 Å². The van der Waals surface area contributed by atoms with Crippen LogP contribution in [-0.4, -0.2) is 116 Å². The molecule has 2 heterocycles. The normalized spacial score (nSPS) is 41.9. The van der Waals surface area contributed by atoms with Gasteiger partial charge in [-0.05, 0) is 13.6 Å². The molecule has 11 atom stereocenters. The molecule has 198 valence electrons. The highest BCUT2D eigenvalue weighted by Crippen LogP contribution is 2.63. The number of aliphatic imine (C=N–C) groups is 1. The number of carbonyl (C=O) groups excluding carboxylic acids is 1. The second-order valence-electron chi connectivity index (χ2n) is 7.55. The zero-order valence-electron chi connectivity index (χ0n) is 18.0. The number of hydrogen-bond donors (Lipinski definition) is 8. The molecule has 2 aliphatic heterocycles. The molecule has 0 spiro atoms. The Morgan fingerprint density at radius 2 is 1.68 bits per heavy atom. The highest BCUT2D eigenvalue weighted by atomic mass is 31.3. The molecule has 0 aromatic rings. The fourth-order valence-electron chi connectivity index (χ4n) is 3.35. The van der Waals surface area contributed by atoms with Gasteiger partial charge in [0, 0.05) is 6.92 Å². The largest absolute Gasteiger partial charge is 0.485 e. The summed E-state index contributed by atoms with van der Waals surface area (Å²) in [4.78, 5) is 34.8. The lowest BCUT2D eigenvalue weighted by atomic mass is 9.94. The predicted molar refractivity (Wildman–Crippen MR) is 108 cm³/mol. The van der Waals surface area contributed by atoms with Gasteiger partial charge in [-0.3, -0.25) is 9.32 Å². The Morgan fingerprint density at radius 1 is 1.09 bits per heavy atom. The van der Waals surface area contributed by atoms with E-state index in [2.05, 4.69) is 25.9 Å². The van der Waals surface area contributed by atoms with Crippen LogP contribution >= 0.6 is 15.6 Å². The van der Waals surface area contributed by atoms with E-state index >= 15 is 0 Å². The Labute approximate surface area is 193 Å². The molecule has 2 rings (SSSR count). The number of aliphatic hydroxyl groups excluding tert-OH is 5. The summed E-state index contributed by atoms with van der Waals surface area (Å²) >= 11 is 0. The van der Waals surface area contributed by atoms with Crippen LogP contribution in [0.2, 0.25) is 0 Å². The van der Waals surface area contributed by atoms with Crippen LogP contribution < -0.4 is 5.32 Å². The van der Waals surface area contributed by atoms with Crippen molar-refractivity contribution in [3.8, 4) is 0 Å². The van der Waals surface area contributed by atoms with Crippen LogP contribution in [-0.2, 0) is 36.8 Å². The molecule has 0 aliphatic carbocycles. The van der Waals surface area contributed by atoms with E-state index in [9.17, 15) is 49.2 Å². The monoisotopic (exact) mass is 538 g/mol. The number of aliphatic hydroxyl groups is 5. The fourth-order valence-corrected chi connectivity index (χ4v) is 5.60. The number of phosphoric acid groups is 2. The quantitative estimate of drug-likeness (QED) is 0.100. The van der Waals surface area contributed by atoms with Gasteiger partial charge in [-0.15, -0.1) is 0 Å². The van der Waals surface area contributed by atoms with Crippen molar-refractivity contribution >= 4 is 28.3 Å². The van der Waals surface area contributed by atoms with Gasteiger partial charge in [0.15, 0.2) is 0 Å². The smallest absolute Gasteiger partial charge is 0.394 e. The topological polar surface area (TPSA) is 263 Å². The molecule has 0 bridgehead atoms. The zero-order valence-corrected chi connectivity index (χ0v) is 19.8. The fraction of sp³-hybridized carbons (Fsp3) is 0.867. The molecular weight excluding hydrogens is 510 g/mol. The molecule has 2 fully saturated rings. The third-order valence-electron chi connectivity index (χ3n) is 5.00. The van der Waals surface area contributed by atoms with E-state index in [4.69, 9.17) is 14.0 Å². The first-order valence-corrected chi connectivity index (χ1v) is 12.7. The van der Waals surface area contributed by atoms with Gasteiger partial charge in [0.2, 0.25) is 5.91 Å². The molecule has 17 nitrogen and oxygen atoms in total. The lowest BCUT2D eigenvalue weighted by molar-refractivity contribution is -0.305. The summed E-state index contributed by atoms with van der Waals surface area (Å²) < 4.78 is 48.5. The Hall–Kier alpha value is -0.880. The van der Waals surface area contributed by atoms with Crippen molar-refractivity contribution in [1.82, 2.24) is 5.32 Å².